The van der Waals surface area contributed by atoms with Gasteiger partial charge in [-0.3, -0.25) is 24.5 Å². The number of nitrogens with one attached hydrogen (secondary N) is 1. The molecule has 4 heterocycles. The number of rotatable bonds is 3. The van der Waals surface area contributed by atoms with Crippen molar-refractivity contribution in [3.05, 3.63) is 71.7 Å². The summed E-state index contributed by atoms with van der Waals surface area (Å²) >= 11 is 0. The molecule has 0 aliphatic carbocycles. The van der Waals surface area contributed by atoms with Gasteiger partial charge in [0.25, 0.3) is 11.8 Å². The highest BCUT2D eigenvalue weighted by Crippen LogP contribution is 2.36. The van der Waals surface area contributed by atoms with E-state index in [1.807, 2.05) is 0 Å². The van der Waals surface area contributed by atoms with Crippen molar-refractivity contribution < 1.29 is 14.4 Å². The molecule has 0 bridgehead atoms. The first-order valence-corrected chi connectivity index (χ1v) is 8.83. The van der Waals surface area contributed by atoms with Gasteiger partial charge in [-0.25, -0.2) is 9.88 Å². The van der Waals surface area contributed by atoms with E-state index < -0.39 is 11.8 Å². The largest absolute Gasteiger partial charge is 0.295 e. The number of imide groups is 1. The minimum absolute atomic E-state index is 0.0924. The molecule has 8 nitrogen and oxygen atoms in total. The quantitative estimate of drug-likeness (QED) is 0.430. The highest BCUT2D eigenvalue weighted by molar-refractivity contribution is 6.38. The van der Waals surface area contributed by atoms with Crippen LogP contribution in [0.3, 0.4) is 0 Å². The van der Waals surface area contributed by atoms with E-state index in [0.29, 0.717) is 28.0 Å². The number of carbonyl (C=O) groups excluding carboxylic acids is 3. The van der Waals surface area contributed by atoms with Crippen LogP contribution in [0, 0.1) is 0 Å². The molecule has 1 aliphatic rings. The summed E-state index contributed by atoms with van der Waals surface area (Å²) in [5, 5.41) is 7.59. The SMILES string of the molecule is CC(=O)c1ccc(N2C(=O)c3cnc4n[nH]c(-c5ccncc5)c4c3C2=O)cc1. The third-order valence-electron chi connectivity index (χ3n) is 4.93. The number of benzene rings is 1. The van der Waals surface area contributed by atoms with E-state index >= 15 is 0 Å². The molecule has 0 atom stereocenters. The van der Waals surface area contributed by atoms with Crippen LogP contribution in [0.25, 0.3) is 22.3 Å². The molecule has 140 valence electrons. The summed E-state index contributed by atoms with van der Waals surface area (Å²) in [5.41, 5.74) is 3.10. The van der Waals surface area contributed by atoms with E-state index in [9.17, 15) is 14.4 Å². The summed E-state index contributed by atoms with van der Waals surface area (Å²) in [7, 11) is 0. The molecule has 0 radical (unpaired) electrons. The van der Waals surface area contributed by atoms with Crippen LogP contribution in [0.15, 0.2) is 55.0 Å². The number of hydrogen-bond acceptors (Lipinski definition) is 6. The first-order chi connectivity index (χ1) is 14.1. The van der Waals surface area contributed by atoms with Gasteiger partial charge in [0.1, 0.15) is 0 Å². The fraction of sp³-hybridized carbons (Fsp3) is 0.0476. The average Bonchev–Trinajstić information content (AvgIpc) is 3.28. The zero-order valence-electron chi connectivity index (χ0n) is 15.2. The first kappa shape index (κ1) is 16.9. The molecule has 5 rings (SSSR count). The van der Waals surface area contributed by atoms with Crippen LogP contribution in [-0.2, 0) is 0 Å². The Bertz CT molecular complexity index is 1310. The number of aromatic nitrogens is 4. The van der Waals surface area contributed by atoms with Gasteiger partial charge < -0.3 is 0 Å². The van der Waals surface area contributed by atoms with Gasteiger partial charge in [0.2, 0.25) is 0 Å². The lowest BCUT2D eigenvalue weighted by Gasteiger charge is -2.14. The Labute approximate surface area is 164 Å². The first-order valence-electron chi connectivity index (χ1n) is 8.83. The van der Waals surface area contributed by atoms with Crippen LogP contribution in [0.4, 0.5) is 5.69 Å². The predicted molar refractivity (Wildman–Crippen MR) is 105 cm³/mol. The van der Waals surface area contributed by atoms with E-state index in [1.165, 1.54) is 13.1 Å². The maximum atomic E-state index is 13.3. The topological polar surface area (TPSA) is 109 Å². The molecule has 3 aromatic heterocycles. The lowest BCUT2D eigenvalue weighted by atomic mass is 10.0. The van der Waals surface area contributed by atoms with Gasteiger partial charge >= 0.3 is 0 Å². The number of nitrogens with zero attached hydrogens (tertiary/aromatic N) is 4. The van der Waals surface area contributed by atoms with Crippen molar-refractivity contribution in [2.45, 2.75) is 6.92 Å². The maximum Gasteiger partial charge on any atom is 0.267 e. The number of Topliss-reactive ketones (excluding diaryl/α,β-unsaturated/α-hetero) is 1. The molecule has 8 heteroatoms. The highest BCUT2D eigenvalue weighted by Gasteiger charge is 2.40. The second-order valence-corrected chi connectivity index (χ2v) is 6.63. The van der Waals surface area contributed by atoms with Crippen molar-refractivity contribution in [1.82, 2.24) is 20.2 Å². The lowest BCUT2D eigenvalue weighted by Crippen LogP contribution is -2.29. The van der Waals surface area contributed by atoms with Gasteiger partial charge in [-0.15, -0.1) is 0 Å². The summed E-state index contributed by atoms with van der Waals surface area (Å²) in [5.74, 6) is -1.01. The van der Waals surface area contributed by atoms with Crippen LogP contribution < -0.4 is 4.90 Å². The van der Waals surface area contributed by atoms with Gasteiger partial charge in [0.05, 0.1) is 27.9 Å². The molecule has 0 unspecified atom stereocenters. The van der Waals surface area contributed by atoms with Crippen LogP contribution in [0.5, 0.6) is 0 Å². The van der Waals surface area contributed by atoms with Crippen LogP contribution in [-0.4, -0.2) is 37.8 Å². The fourth-order valence-corrected chi connectivity index (χ4v) is 3.50. The van der Waals surface area contributed by atoms with Crippen molar-refractivity contribution in [3.63, 3.8) is 0 Å². The Morgan fingerprint density at radius 3 is 2.41 bits per heavy atom. The van der Waals surface area contributed by atoms with Crippen molar-refractivity contribution >= 4 is 34.3 Å². The van der Waals surface area contributed by atoms with Crippen molar-refractivity contribution in [2.75, 3.05) is 4.90 Å². The summed E-state index contributed by atoms with van der Waals surface area (Å²) in [4.78, 5) is 47.1. The number of fused-ring (bicyclic) bond motifs is 3. The molecular formula is C21H13N5O3. The van der Waals surface area contributed by atoms with E-state index in [1.54, 1.807) is 48.8 Å². The highest BCUT2D eigenvalue weighted by atomic mass is 16.2. The zero-order valence-corrected chi connectivity index (χ0v) is 15.2. The molecule has 29 heavy (non-hydrogen) atoms. The standard InChI is InChI=1S/C21H13N5O3/c1-11(27)12-2-4-14(5-3-12)26-20(28)15-10-23-19-17(16(15)21(26)29)18(24-25-19)13-6-8-22-9-7-13/h2-10H,1H3,(H,23,24,25). The molecule has 0 saturated carbocycles. The second-order valence-electron chi connectivity index (χ2n) is 6.63. The van der Waals surface area contributed by atoms with Gasteiger partial charge in [-0.05, 0) is 43.3 Å². The van der Waals surface area contributed by atoms with Crippen LogP contribution in [0.2, 0.25) is 0 Å². The summed E-state index contributed by atoms with van der Waals surface area (Å²) in [6.07, 6.45) is 4.64. The third kappa shape index (κ3) is 2.46. The smallest absolute Gasteiger partial charge is 0.267 e. The summed E-state index contributed by atoms with van der Waals surface area (Å²) in [6, 6.07) is 9.92. The zero-order chi connectivity index (χ0) is 20.1. The molecular weight excluding hydrogens is 370 g/mol. The van der Waals surface area contributed by atoms with Gasteiger partial charge in [0.15, 0.2) is 11.4 Å². The van der Waals surface area contributed by atoms with Crippen molar-refractivity contribution in [3.8, 4) is 11.3 Å². The number of pyridine rings is 2. The van der Waals surface area contributed by atoms with E-state index in [0.717, 1.165) is 10.5 Å². The average molecular weight is 383 g/mol. The van der Waals surface area contributed by atoms with Gasteiger partial charge in [-0.1, -0.05) is 0 Å². The Hall–Kier alpha value is -4.20. The number of carbonyl (C=O) groups is 3. The molecule has 2 amide bonds. The predicted octanol–water partition coefficient (Wildman–Crippen LogP) is 3.02. The number of hydrogen-bond donors (Lipinski definition) is 1. The molecule has 1 aliphatic heterocycles. The molecule has 0 spiro atoms. The molecule has 0 fully saturated rings. The normalized spacial score (nSPS) is 13.2. The van der Waals surface area contributed by atoms with Crippen LogP contribution >= 0.6 is 0 Å². The number of H-pyrrole nitrogens is 1. The number of ketones is 1. The van der Waals surface area contributed by atoms with E-state index in [-0.39, 0.29) is 16.9 Å². The summed E-state index contributed by atoms with van der Waals surface area (Å²) in [6.45, 7) is 1.46. The number of aromatic amines is 1. The summed E-state index contributed by atoms with van der Waals surface area (Å²) < 4.78 is 0. The number of anilines is 1. The molecule has 0 saturated heterocycles. The Morgan fingerprint density at radius 1 is 1.00 bits per heavy atom. The minimum atomic E-state index is -0.461. The molecule has 1 aromatic carbocycles. The van der Waals surface area contributed by atoms with E-state index in [2.05, 4.69) is 20.2 Å². The molecule has 4 aromatic rings. The minimum Gasteiger partial charge on any atom is -0.295 e. The lowest BCUT2D eigenvalue weighted by molar-refractivity contribution is 0.0925. The second kappa shape index (κ2) is 6.16. The third-order valence-corrected chi connectivity index (χ3v) is 4.93. The van der Waals surface area contributed by atoms with Gasteiger partial charge in [0, 0.05) is 29.7 Å². The maximum absolute atomic E-state index is 13.3. The van der Waals surface area contributed by atoms with Crippen molar-refractivity contribution in [1.29, 1.82) is 0 Å². The number of amides is 2. The van der Waals surface area contributed by atoms with Gasteiger partial charge in [-0.2, -0.15) is 5.10 Å². The Kier molecular flexibility index (Phi) is 3.60. The van der Waals surface area contributed by atoms with Crippen molar-refractivity contribution in [2.24, 2.45) is 0 Å². The Morgan fingerprint density at radius 2 is 1.72 bits per heavy atom. The monoisotopic (exact) mass is 383 g/mol. The molecule has 1 N–H and O–H groups in total. The van der Waals surface area contributed by atoms with E-state index in [4.69, 9.17) is 0 Å². The Balaban J connectivity index is 1.68. The van der Waals surface area contributed by atoms with Crippen LogP contribution in [0.1, 0.15) is 38.0 Å². The fourth-order valence-electron chi connectivity index (χ4n) is 3.50.